The van der Waals surface area contributed by atoms with E-state index in [1.807, 2.05) is 0 Å². The van der Waals surface area contributed by atoms with Gasteiger partial charge in [-0.25, -0.2) is 8.42 Å². The van der Waals surface area contributed by atoms with Crippen LogP contribution in [0.5, 0.6) is 5.75 Å². The second kappa shape index (κ2) is 4.37. The molecule has 0 N–H and O–H groups in total. The van der Waals surface area contributed by atoms with Crippen molar-refractivity contribution in [3.63, 3.8) is 0 Å². The van der Waals surface area contributed by atoms with Crippen LogP contribution in [0.3, 0.4) is 0 Å². The lowest BCUT2D eigenvalue weighted by Gasteiger charge is -2.13. The third-order valence-corrected chi connectivity index (χ3v) is 3.37. The first kappa shape index (κ1) is 12.9. The Balaban J connectivity index is 3.45. The number of sulfone groups is 1. The van der Waals surface area contributed by atoms with Crippen molar-refractivity contribution in [3.8, 4) is 5.75 Å². The van der Waals surface area contributed by atoms with Gasteiger partial charge in [-0.2, -0.15) is 8.78 Å². The third kappa shape index (κ3) is 2.69. The van der Waals surface area contributed by atoms with Gasteiger partial charge in [0.25, 0.3) is 0 Å². The van der Waals surface area contributed by atoms with Crippen LogP contribution in [-0.4, -0.2) is 21.3 Å². The molecular weight excluding hydrogens is 238 g/mol. The molecule has 1 aromatic rings. The number of hydrogen-bond donors (Lipinski definition) is 0. The topological polar surface area (TPSA) is 43.4 Å². The number of hydrogen-bond acceptors (Lipinski definition) is 3. The van der Waals surface area contributed by atoms with Gasteiger partial charge in [0.1, 0.15) is 10.6 Å². The predicted molar refractivity (Wildman–Crippen MR) is 55.7 cm³/mol. The largest absolute Gasteiger partial charge is 0.433 e. The fourth-order valence-corrected chi connectivity index (χ4v) is 2.15. The average Bonchev–Trinajstić information content (AvgIpc) is 2.10. The van der Waals surface area contributed by atoms with Gasteiger partial charge < -0.3 is 4.74 Å². The average molecular weight is 250 g/mol. The number of rotatable bonds is 3. The first-order valence-corrected chi connectivity index (χ1v) is 6.37. The first-order valence-electron chi connectivity index (χ1n) is 4.48. The van der Waals surface area contributed by atoms with Crippen molar-refractivity contribution >= 4 is 9.84 Å². The van der Waals surface area contributed by atoms with Gasteiger partial charge in [-0.05, 0) is 31.0 Å². The summed E-state index contributed by atoms with van der Waals surface area (Å²) in [4.78, 5) is -0.212. The molecular formula is C10H12F2O3S. The molecule has 0 heterocycles. The molecule has 0 aliphatic heterocycles. The van der Waals surface area contributed by atoms with Crippen LogP contribution >= 0.6 is 0 Å². The van der Waals surface area contributed by atoms with Gasteiger partial charge in [-0.1, -0.05) is 6.07 Å². The molecule has 0 amide bonds. The molecule has 1 rings (SSSR count). The lowest BCUT2D eigenvalue weighted by molar-refractivity contribution is -0.0522. The smallest absolute Gasteiger partial charge is 0.387 e. The molecule has 0 bridgehead atoms. The number of alkyl halides is 2. The van der Waals surface area contributed by atoms with Gasteiger partial charge in [-0.15, -0.1) is 0 Å². The van der Waals surface area contributed by atoms with Crippen LogP contribution in [0.2, 0.25) is 0 Å². The van der Waals surface area contributed by atoms with Crippen molar-refractivity contribution in [3.05, 3.63) is 23.3 Å². The zero-order valence-electron chi connectivity index (χ0n) is 9.12. The molecule has 0 fully saturated rings. The highest BCUT2D eigenvalue weighted by molar-refractivity contribution is 7.90. The van der Waals surface area contributed by atoms with E-state index >= 15 is 0 Å². The number of ether oxygens (including phenoxy) is 1. The minimum absolute atomic E-state index is 0.212. The van der Waals surface area contributed by atoms with E-state index in [2.05, 4.69) is 4.74 Å². The molecule has 90 valence electrons. The van der Waals surface area contributed by atoms with Gasteiger partial charge in [0.15, 0.2) is 9.84 Å². The van der Waals surface area contributed by atoms with E-state index in [0.717, 1.165) is 6.26 Å². The van der Waals surface area contributed by atoms with Crippen molar-refractivity contribution in [1.29, 1.82) is 0 Å². The van der Waals surface area contributed by atoms with Crippen molar-refractivity contribution in [2.75, 3.05) is 6.26 Å². The summed E-state index contributed by atoms with van der Waals surface area (Å²) in [6.07, 6.45) is 0.954. The zero-order valence-corrected chi connectivity index (χ0v) is 9.94. The Morgan fingerprint density at radius 3 is 2.25 bits per heavy atom. The summed E-state index contributed by atoms with van der Waals surface area (Å²) in [6, 6.07) is 2.83. The van der Waals surface area contributed by atoms with E-state index < -0.39 is 16.4 Å². The number of aryl methyl sites for hydroxylation is 1. The van der Waals surface area contributed by atoms with Gasteiger partial charge in [-0.3, -0.25) is 0 Å². The molecule has 16 heavy (non-hydrogen) atoms. The summed E-state index contributed by atoms with van der Waals surface area (Å²) in [7, 11) is -3.58. The van der Waals surface area contributed by atoms with Crippen molar-refractivity contribution < 1.29 is 21.9 Å². The highest BCUT2D eigenvalue weighted by Gasteiger charge is 2.20. The molecule has 0 saturated carbocycles. The fraction of sp³-hybridized carbons (Fsp3) is 0.400. The Morgan fingerprint density at radius 1 is 1.25 bits per heavy atom. The third-order valence-electron chi connectivity index (χ3n) is 2.25. The molecule has 0 spiro atoms. The summed E-state index contributed by atoms with van der Waals surface area (Å²) < 4.78 is 51.4. The summed E-state index contributed by atoms with van der Waals surface area (Å²) >= 11 is 0. The maximum absolute atomic E-state index is 12.2. The van der Waals surface area contributed by atoms with Gasteiger partial charge in [0, 0.05) is 6.26 Å². The van der Waals surface area contributed by atoms with Crippen molar-refractivity contribution in [2.24, 2.45) is 0 Å². The van der Waals surface area contributed by atoms with Gasteiger partial charge in [0.05, 0.1) is 0 Å². The SMILES string of the molecule is Cc1ccc(S(C)(=O)=O)c(OC(F)F)c1C. The quantitative estimate of drug-likeness (QED) is 0.826. The summed E-state index contributed by atoms with van der Waals surface area (Å²) in [5.74, 6) is -0.266. The van der Waals surface area contributed by atoms with E-state index in [4.69, 9.17) is 0 Å². The molecule has 0 aliphatic rings. The molecule has 0 aromatic heterocycles. The monoisotopic (exact) mass is 250 g/mol. The minimum Gasteiger partial charge on any atom is -0.433 e. The predicted octanol–water partition coefficient (Wildman–Crippen LogP) is 2.31. The molecule has 6 heteroatoms. The molecule has 0 aliphatic carbocycles. The van der Waals surface area contributed by atoms with Crippen LogP contribution in [0.4, 0.5) is 8.78 Å². The van der Waals surface area contributed by atoms with Crippen LogP contribution in [0.15, 0.2) is 17.0 Å². The van der Waals surface area contributed by atoms with E-state index in [1.54, 1.807) is 19.9 Å². The second-order valence-corrected chi connectivity index (χ2v) is 5.47. The summed E-state index contributed by atoms with van der Waals surface area (Å²) in [6.45, 7) is 0.197. The second-order valence-electron chi connectivity index (χ2n) is 3.49. The Bertz CT molecular complexity index is 495. The van der Waals surface area contributed by atoms with Crippen LogP contribution in [0.25, 0.3) is 0 Å². The molecule has 3 nitrogen and oxygen atoms in total. The zero-order chi connectivity index (χ0) is 12.5. The molecule has 1 aromatic carbocycles. The van der Waals surface area contributed by atoms with Crippen LogP contribution in [0.1, 0.15) is 11.1 Å². The van der Waals surface area contributed by atoms with E-state index in [9.17, 15) is 17.2 Å². The lowest BCUT2D eigenvalue weighted by Crippen LogP contribution is -2.09. The Labute approximate surface area is 93.0 Å². The highest BCUT2D eigenvalue weighted by atomic mass is 32.2. The van der Waals surface area contributed by atoms with E-state index in [1.165, 1.54) is 6.07 Å². The summed E-state index contributed by atoms with van der Waals surface area (Å²) in [5, 5.41) is 0. The Morgan fingerprint density at radius 2 is 1.81 bits per heavy atom. The van der Waals surface area contributed by atoms with Crippen molar-refractivity contribution in [1.82, 2.24) is 0 Å². The molecule has 0 unspecified atom stereocenters. The van der Waals surface area contributed by atoms with Gasteiger partial charge in [0.2, 0.25) is 0 Å². The number of benzene rings is 1. The minimum atomic E-state index is -3.58. The molecule has 0 atom stereocenters. The highest BCUT2D eigenvalue weighted by Crippen LogP contribution is 2.31. The number of halogens is 2. The maximum atomic E-state index is 12.2. The van der Waals surface area contributed by atoms with E-state index in [0.29, 0.717) is 11.1 Å². The van der Waals surface area contributed by atoms with Crippen LogP contribution in [-0.2, 0) is 9.84 Å². The first-order chi connectivity index (χ1) is 7.23. The van der Waals surface area contributed by atoms with E-state index in [-0.39, 0.29) is 10.6 Å². The van der Waals surface area contributed by atoms with Crippen LogP contribution in [0, 0.1) is 13.8 Å². The van der Waals surface area contributed by atoms with Gasteiger partial charge >= 0.3 is 6.61 Å². The normalized spacial score (nSPS) is 11.9. The lowest BCUT2D eigenvalue weighted by atomic mass is 10.1. The fourth-order valence-electron chi connectivity index (χ4n) is 1.29. The van der Waals surface area contributed by atoms with Crippen LogP contribution < -0.4 is 4.74 Å². The summed E-state index contributed by atoms with van der Waals surface area (Å²) in [5.41, 5.74) is 1.10. The van der Waals surface area contributed by atoms with Crippen molar-refractivity contribution in [2.45, 2.75) is 25.4 Å². The Hall–Kier alpha value is -1.17. The molecule has 0 radical (unpaired) electrons. The standard InChI is InChI=1S/C10H12F2O3S/c1-6-4-5-8(16(3,13)14)9(7(6)2)15-10(11)12/h4-5,10H,1-3H3. The Kier molecular flexibility index (Phi) is 3.52. The maximum Gasteiger partial charge on any atom is 0.387 e. The molecule has 0 saturated heterocycles.